The summed E-state index contributed by atoms with van der Waals surface area (Å²) in [6.07, 6.45) is 1.35. The molecule has 0 saturated carbocycles. The van der Waals surface area contributed by atoms with Gasteiger partial charge in [-0.15, -0.1) is 0 Å². The number of sulfonamides is 1. The lowest BCUT2D eigenvalue weighted by Gasteiger charge is -2.24. The zero-order chi connectivity index (χ0) is 14.5. The molecule has 0 aliphatic heterocycles. The smallest absolute Gasteiger partial charge is 0.240 e. The van der Waals surface area contributed by atoms with Gasteiger partial charge in [-0.1, -0.05) is 13.8 Å². The van der Waals surface area contributed by atoms with Gasteiger partial charge < -0.3 is 5.11 Å². The van der Waals surface area contributed by atoms with Gasteiger partial charge in [0.05, 0.1) is 4.90 Å². The van der Waals surface area contributed by atoms with E-state index in [1.165, 1.54) is 12.1 Å². The molecule has 1 aromatic rings. The third-order valence-electron chi connectivity index (χ3n) is 2.88. The van der Waals surface area contributed by atoms with Crippen LogP contribution in [0.3, 0.4) is 0 Å². The average Bonchev–Trinajstić information content (AvgIpc) is 2.35. The van der Waals surface area contributed by atoms with Crippen LogP contribution in [0.5, 0.6) is 0 Å². The van der Waals surface area contributed by atoms with Crippen LogP contribution in [-0.2, 0) is 10.0 Å². The summed E-state index contributed by atoms with van der Waals surface area (Å²) in [6, 6.07) is 4.70. The van der Waals surface area contributed by atoms with Crippen molar-refractivity contribution in [2.75, 3.05) is 13.2 Å². The Morgan fingerprint density at radius 3 is 2.37 bits per heavy atom. The van der Waals surface area contributed by atoms with Crippen molar-refractivity contribution >= 4 is 10.0 Å². The van der Waals surface area contributed by atoms with Gasteiger partial charge in [-0.3, -0.25) is 0 Å². The van der Waals surface area contributed by atoms with Crippen molar-refractivity contribution in [3.63, 3.8) is 0 Å². The quantitative estimate of drug-likeness (QED) is 0.805. The first-order chi connectivity index (χ1) is 8.77. The van der Waals surface area contributed by atoms with Crippen LogP contribution in [0.4, 0.5) is 4.39 Å². The maximum atomic E-state index is 12.8. The standard InChI is InChI=1S/C13H20FNO3S/c1-13(2,8-3-9-16)10-15-19(17,18)12-6-4-11(14)5-7-12/h4-7,15-16H,3,8-10H2,1-2H3. The summed E-state index contributed by atoms with van der Waals surface area (Å²) in [6.45, 7) is 4.21. The Morgan fingerprint density at radius 1 is 1.26 bits per heavy atom. The number of aliphatic hydroxyl groups excluding tert-OH is 1. The minimum atomic E-state index is -3.61. The lowest BCUT2D eigenvalue weighted by molar-refractivity contribution is 0.242. The molecule has 0 aromatic heterocycles. The molecule has 19 heavy (non-hydrogen) atoms. The van der Waals surface area contributed by atoms with E-state index in [0.717, 1.165) is 18.6 Å². The molecule has 1 rings (SSSR count). The second-order valence-electron chi connectivity index (χ2n) is 5.27. The van der Waals surface area contributed by atoms with Crippen LogP contribution >= 0.6 is 0 Å². The van der Waals surface area contributed by atoms with Crippen molar-refractivity contribution < 1.29 is 17.9 Å². The number of aliphatic hydroxyl groups is 1. The fourth-order valence-electron chi connectivity index (χ4n) is 1.63. The van der Waals surface area contributed by atoms with Crippen LogP contribution < -0.4 is 4.72 Å². The van der Waals surface area contributed by atoms with Crippen LogP contribution in [0, 0.1) is 11.2 Å². The van der Waals surface area contributed by atoms with E-state index in [1.54, 1.807) is 0 Å². The van der Waals surface area contributed by atoms with Gasteiger partial charge in [-0.2, -0.15) is 0 Å². The third kappa shape index (κ3) is 5.26. The Hall–Kier alpha value is -0.980. The zero-order valence-electron chi connectivity index (χ0n) is 11.2. The minimum Gasteiger partial charge on any atom is -0.396 e. The predicted octanol–water partition coefficient (Wildman–Crippen LogP) is 1.90. The number of hydrogen-bond donors (Lipinski definition) is 2. The van der Waals surface area contributed by atoms with E-state index in [0.29, 0.717) is 6.42 Å². The number of rotatable bonds is 7. The first-order valence-electron chi connectivity index (χ1n) is 6.13. The van der Waals surface area contributed by atoms with Crippen molar-refractivity contribution in [1.29, 1.82) is 0 Å². The number of nitrogens with one attached hydrogen (secondary N) is 1. The largest absolute Gasteiger partial charge is 0.396 e. The lowest BCUT2D eigenvalue weighted by Crippen LogP contribution is -2.34. The zero-order valence-corrected chi connectivity index (χ0v) is 12.0. The van der Waals surface area contributed by atoms with Crippen LogP contribution in [-0.4, -0.2) is 26.7 Å². The Morgan fingerprint density at radius 2 is 1.84 bits per heavy atom. The van der Waals surface area contributed by atoms with Gasteiger partial charge in [0.2, 0.25) is 10.0 Å². The van der Waals surface area contributed by atoms with Crippen LogP contribution in [0.2, 0.25) is 0 Å². The Labute approximate surface area is 113 Å². The van der Waals surface area contributed by atoms with Gasteiger partial charge >= 0.3 is 0 Å². The van der Waals surface area contributed by atoms with Crippen LogP contribution in [0.25, 0.3) is 0 Å². The predicted molar refractivity (Wildman–Crippen MR) is 71.7 cm³/mol. The van der Waals surface area contributed by atoms with E-state index < -0.39 is 15.8 Å². The summed E-state index contributed by atoms with van der Waals surface area (Å²) in [4.78, 5) is 0.0480. The van der Waals surface area contributed by atoms with Gasteiger partial charge in [0.15, 0.2) is 0 Å². The maximum absolute atomic E-state index is 12.8. The minimum absolute atomic E-state index is 0.0480. The van der Waals surface area contributed by atoms with E-state index >= 15 is 0 Å². The molecule has 0 amide bonds. The van der Waals surface area contributed by atoms with Crippen molar-refractivity contribution in [3.05, 3.63) is 30.1 Å². The summed E-state index contributed by atoms with van der Waals surface area (Å²) >= 11 is 0. The Balaban J connectivity index is 2.68. The molecule has 0 bridgehead atoms. The fraction of sp³-hybridized carbons (Fsp3) is 0.538. The molecule has 1 aromatic carbocycles. The van der Waals surface area contributed by atoms with Gasteiger partial charge in [0, 0.05) is 13.2 Å². The molecule has 108 valence electrons. The number of hydrogen-bond acceptors (Lipinski definition) is 3. The summed E-state index contributed by atoms with van der Waals surface area (Å²) in [5.74, 6) is -0.470. The molecule has 0 saturated heterocycles. The molecule has 4 nitrogen and oxygen atoms in total. The molecule has 2 N–H and O–H groups in total. The summed E-state index contributed by atoms with van der Waals surface area (Å²) in [5.41, 5.74) is -0.240. The summed E-state index contributed by atoms with van der Waals surface area (Å²) in [5, 5.41) is 8.79. The van der Waals surface area contributed by atoms with Gasteiger partial charge in [-0.05, 0) is 42.5 Å². The highest BCUT2D eigenvalue weighted by molar-refractivity contribution is 7.89. The second-order valence-corrected chi connectivity index (χ2v) is 7.04. The molecular weight excluding hydrogens is 269 g/mol. The molecule has 0 aliphatic rings. The van der Waals surface area contributed by atoms with Crippen molar-refractivity contribution in [2.45, 2.75) is 31.6 Å². The molecule has 0 fully saturated rings. The Bertz CT molecular complexity index is 497. The summed E-state index contributed by atoms with van der Waals surface area (Å²) in [7, 11) is -3.61. The Kier molecular flexibility index (Phi) is 5.46. The molecule has 0 atom stereocenters. The van der Waals surface area contributed by atoms with Gasteiger partial charge in [-0.25, -0.2) is 17.5 Å². The highest BCUT2D eigenvalue weighted by atomic mass is 32.2. The molecule has 0 spiro atoms. The van der Waals surface area contributed by atoms with Crippen LogP contribution in [0.15, 0.2) is 29.2 Å². The molecule has 0 aliphatic carbocycles. The van der Waals surface area contributed by atoms with Gasteiger partial charge in [0.25, 0.3) is 0 Å². The van der Waals surface area contributed by atoms with Crippen molar-refractivity contribution in [1.82, 2.24) is 4.72 Å². The lowest BCUT2D eigenvalue weighted by atomic mass is 9.88. The molecule has 0 radical (unpaired) electrons. The molecule has 0 heterocycles. The van der Waals surface area contributed by atoms with Crippen molar-refractivity contribution in [3.8, 4) is 0 Å². The van der Waals surface area contributed by atoms with E-state index in [-0.39, 0.29) is 23.5 Å². The maximum Gasteiger partial charge on any atom is 0.240 e. The molecule has 6 heteroatoms. The highest BCUT2D eigenvalue weighted by Gasteiger charge is 2.21. The first kappa shape index (κ1) is 16.1. The third-order valence-corrected chi connectivity index (χ3v) is 4.29. The van der Waals surface area contributed by atoms with Crippen LogP contribution in [0.1, 0.15) is 26.7 Å². The normalized spacial score (nSPS) is 12.6. The molecule has 0 unspecified atom stereocenters. The summed E-state index contributed by atoms with van der Waals surface area (Å²) < 4.78 is 39.2. The number of halogens is 1. The van der Waals surface area contributed by atoms with E-state index in [1.807, 2.05) is 13.8 Å². The van der Waals surface area contributed by atoms with E-state index in [2.05, 4.69) is 4.72 Å². The fourth-order valence-corrected chi connectivity index (χ4v) is 2.88. The van der Waals surface area contributed by atoms with E-state index in [4.69, 9.17) is 5.11 Å². The second kappa shape index (κ2) is 6.45. The highest BCUT2D eigenvalue weighted by Crippen LogP contribution is 2.22. The van der Waals surface area contributed by atoms with Gasteiger partial charge in [0.1, 0.15) is 5.82 Å². The number of benzene rings is 1. The van der Waals surface area contributed by atoms with Crippen molar-refractivity contribution in [2.24, 2.45) is 5.41 Å². The first-order valence-corrected chi connectivity index (χ1v) is 7.61. The average molecular weight is 289 g/mol. The SMILES string of the molecule is CC(C)(CCCO)CNS(=O)(=O)c1ccc(F)cc1. The molecular formula is C13H20FNO3S. The monoisotopic (exact) mass is 289 g/mol. The topological polar surface area (TPSA) is 66.4 Å². The van der Waals surface area contributed by atoms with E-state index in [9.17, 15) is 12.8 Å².